The number of nitrogens with two attached hydrogens (primary N) is 1. The molecule has 2 aromatic carbocycles. The van der Waals surface area contributed by atoms with Gasteiger partial charge in [-0.05, 0) is 48.9 Å². The van der Waals surface area contributed by atoms with Gasteiger partial charge in [-0.3, -0.25) is 9.59 Å². The van der Waals surface area contributed by atoms with E-state index in [1.54, 1.807) is 36.3 Å². The van der Waals surface area contributed by atoms with Crippen LogP contribution in [0.3, 0.4) is 0 Å². The van der Waals surface area contributed by atoms with Gasteiger partial charge in [0.25, 0.3) is 0 Å². The number of hydrogen-bond donors (Lipinski definition) is 2. The summed E-state index contributed by atoms with van der Waals surface area (Å²) in [5, 5.41) is 3.40. The Kier molecular flexibility index (Phi) is 6.86. The van der Waals surface area contributed by atoms with Crippen LogP contribution in [0, 0.1) is 6.92 Å². The highest BCUT2D eigenvalue weighted by Crippen LogP contribution is 2.22. The number of ether oxygens (including phenoxy) is 1. The van der Waals surface area contributed by atoms with Gasteiger partial charge in [0.05, 0.1) is 13.7 Å². The molecule has 0 aliphatic carbocycles. The van der Waals surface area contributed by atoms with Gasteiger partial charge in [0.15, 0.2) is 0 Å². The zero-order valence-electron chi connectivity index (χ0n) is 14.8. The summed E-state index contributed by atoms with van der Waals surface area (Å²) in [6.45, 7) is 2.30. The van der Waals surface area contributed by atoms with Gasteiger partial charge in [-0.15, -0.1) is 0 Å². The average Bonchev–Trinajstić information content (AvgIpc) is 2.61. The van der Waals surface area contributed by atoms with E-state index >= 15 is 0 Å². The van der Waals surface area contributed by atoms with Crippen molar-refractivity contribution in [2.24, 2.45) is 5.73 Å². The summed E-state index contributed by atoms with van der Waals surface area (Å²) in [5.41, 5.74) is 7.62. The van der Waals surface area contributed by atoms with Crippen molar-refractivity contribution in [1.29, 1.82) is 0 Å². The summed E-state index contributed by atoms with van der Waals surface area (Å²) in [5.74, 6) is 0.0767. The molecule has 6 nitrogen and oxygen atoms in total. The van der Waals surface area contributed by atoms with E-state index in [2.05, 4.69) is 5.32 Å². The topological polar surface area (TPSA) is 84.7 Å². The number of nitrogens with one attached hydrogen (secondary N) is 1. The predicted octanol–water partition coefficient (Wildman–Crippen LogP) is 2.98. The summed E-state index contributed by atoms with van der Waals surface area (Å²) in [6.07, 6.45) is 0.148. The van der Waals surface area contributed by atoms with E-state index in [1.165, 1.54) is 0 Å². The molecule has 0 heterocycles. The Balaban J connectivity index is 2.12. The fourth-order valence-corrected chi connectivity index (χ4v) is 2.60. The number of carbonyl (C=O) groups excluding carboxylic acids is 2. The summed E-state index contributed by atoms with van der Waals surface area (Å²) < 4.78 is 5.15. The van der Waals surface area contributed by atoms with Crippen LogP contribution in [0.5, 0.6) is 5.75 Å². The van der Waals surface area contributed by atoms with Crippen LogP contribution in [0.15, 0.2) is 42.5 Å². The third-order valence-corrected chi connectivity index (χ3v) is 4.11. The minimum Gasteiger partial charge on any atom is -0.497 e. The quantitative estimate of drug-likeness (QED) is 0.742. The fraction of sp³-hybridized carbons (Fsp3) is 0.263. The van der Waals surface area contributed by atoms with E-state index in [9.17, 15) is 9.59 Å². The third-order valence-electron chi connectivity index (χ3n) is 3.87. The van der Waals surface area contributed by atoms with Gasteiger partial charge in [-0.25, -0.2) is 0 Å². The number of aryl methyl sites for hydroxylation is 1. The SMILES string of the molecule is COc1ccc(N(CCC(N)=O)CC(=O)Nc2cc(Cl)ccc2C)cc1. The second kappa shape index (κ2) is 9.10. The van der Waals surface area contributed by atoms with Crippen LogP contribution < -0.4 is 20.7 Å². The van der Waals surface area contributed by atoms with Crippen molar-refractivity contribution in [1.82, 2.24) is 0 Å². The molecule has 0 unspecified atom stereocenters. The first-order chi connectivity index (χ1) is 12.4. The van der Waals surface area contributed by atoms with Gasteiger partial charge in [0.1, 0.15) is 5.75 Å². The largest absolute Gasteiger partial charge is 0.497 e. The number of hydrogen-bond acceptors (Lipinski definition) is 4. The Morgan fingerprint density at radius 2 is 1.88 bits per heavy atom. The lowest BCUT2D eigenvalue weighted by Crippen LogP contribution is -2.35. The van der Waals surface area contributed by atoms with Crippen molar-refractivity contribution in [2.75, 3.05) is 30.4 Å². The van der Waals surface area contributed by atoms with Crippen LogP contribution in [0.2, 0.25) is 5.02 Å². The smallest absolute Gasteiger partial charge is 0.243 e. The van der Waals surface area contributed by atoms with Crippen LogP contribution in [0.1, 0.15) is 12.0 Å². The van der Waals surface area contributed by atoms with Gasteiger partial charge < -0.3 is 20.7 Å². The van der Waals surface area contributed by atoms with E-state index in [4.69, 9.17) is 22.1 Å². The molecule has 0 saturated carbocycles. The number of benzene rings is 2. The van der Waals surface area contributed by atoms with Crippen LogP contribution >= 0.6 is 11.6 Å². The molecular formula is C19H22ClN3O3. The molecule has 0 saturated heterocycles. The summed E-state index contributed by atoms with van der Waals surface area (Å²) in [7, 11) is 1.58. The number of methoxy groups -OCH3 is 1. The monoisotopic (exact) mass is 375 g/mol. The van der Waals surface area contributed by atoms with Crippen LogP contribution in [0.25, 0.3) is 0 Å². The maximum atomic E-state index is 12.5. The Morgan fingerprint density at radius 1 is 1.19 bits per heavy atom. The van der Waals surface area contributed by atoms with Crippen LogP contribution in [-0.2, 0) is 9.59 Å². The van der Waals surface area contributed by atoms with Gasteiger partial charge in [-0.1, -0.05) is 17.7 Å². The number of primary amides is 1. The lowest BCUT2D eigenvalue weighted by atomic mass is 10.2. The Morgan fingerprint density at radius 3 is 2.50 bits per heavy atom. The first-order valence-electron chi connectivity index (χ1n) is 8.12. The predicted molar refractivity (Wildman–Crippen MR) is 104 cm³/mol. The highest BCUT2D eigenvalue weighted by Gasteiger charge is 2.14. The summed E-state index contributed by atoms with van der Waals surface area (Å²) in [4.78, 5) is 25.4. The van der Waals surface area contributed by atoms with E-state index in [1.807, 2.05) is 25.1 Å². The average molecular weight is 376 g/mol. The molecule has 2 rings (SSSR count). The van der Waals surface area contributed by atoms with E-state index in [0.717, 1.165) is 11.3 Å². The van der Waals surface area contributed by atoms with Crippen molar-refractivity contribution in [3.05, 3.63) is 53.1 Å². The number of halogens is 1. The fourth-order valence-electron chi connectivity index (χ4n) is 2.43. The maximum Gasteiger partial charge on any atom is 0.243 e. The second-order valence-corrected chi connectivity index (χ2v) is 6.28. The highest BCUT2D eigenvalue weighted by atomic mass is 35.5. The van der Waals surface area contributed by atoms with Crippen molar-refractivity contribution in [3.63, 3.8) is 0 Å². The van der Waals surface area contributed by atoms with E-state index in [-0.39, 0.29) is 18.9 Å². The highest BCUT2D eigenvalue weighted by molar-refractivity contribution is 6.31. The van der Waals surface area contributed by atoms with E-state index in [0.29, 0.717) is 23.0 Å². The summed E-state index contributed by atoms with van der Waals surface area (Å²) >= 11 is 5.99. The first kappa shape index (κ1) is 19.6. The molecule has 2 aromatic rings. The van der Waals surface area contributed by atoms with Crippen molar-refractivity contribution < 1.29 is 14.3 Å². The van der Waals surface area contributed by atoms with Crippen LogP contribution in [-0.4, -0.2) is 32.0 Å². The first-order valence-corrected chi connectivity index (χ1v) is 8.50. The third kappa shape index (κ3) is 5.67. The molecule has 3 N–H and O–H groups in total. The molecule has 0 bridgehead atoms. The van der Waals surface area contributed by atoms with Crippen molar-refractivity contribution in [3.8, 4) is 5.75 Å². The molecule has 0 aliphatic rings. The van der Waals surface area contributed by atoms with Gasteiger partial charge in [-0.2, -0.15) is 0 Å². The lowest BCUT2D eigenvalue weighted by molar-refractivity contribution is -0.118. The molecule has 0 radical (unpaired) electrons. The normalized spacial score (nSPS) is 10.3. The minimum absolute atomic E-state index is 0.0750. The number of amides is 2. The molecule has 26 heavy (non-hydrogen) atoms. The Bertz CT molecular complexity index is 778. The van der Waals surface area contributed by atoms with E-state index < -0.39 is 5.91 Å². The molecule has 0 spiro atoms. The Hall–Kier alpha value is -2.73. The van der Waals surface area contributed by atoms with Gasteiger partial charge >= 0.3 is 0 Å². The van der Waals surface area contributed by atoms with Gasteiger partial charge in [0, 0.05) is 29.4 Å². The lowest BCUT2D eigenvalue weighted by Gasteiger charge is -2.24. The minimum atomic E-state index is -0.422. The molecular weight excluding hydrogens is 354 g/mol. The molecule has 7 heteroatoms. The zero-order chi connectivity index (χ0) is 19.1. The van der Waals surface area contributed by atoms with Gasteiger partial charge in [0.2, 0.25) is 11.8 Å². The van der Waals surface area contributed by atoms with Crippen molar-refractivity contribution in [2.45, 2.75) is 13.3 Å². The summed E-state index contributed by atoms with van der Waals surface area (Å²) in [6, 6.07) is 12.6. The second-order valence-electron chi connectivity index (χ2n) is 5.84. The number of carbonyl (C=O) groups is 2. The molecule has 0 atom stereocenters. The van der Waals surface area contributed by atoms with Crippen LogP contribution in [0.4, 0.5) is 11.4 Å². The number of rotatable bonds is 8. The molecule has 0 fully saturated rings. The van der Waals surface area contributed by atoms with Crippen molar-refractivity contribution >= 4 is 34.8 Å². The number of nitrogens with zero attached hydrogens (tertiary/aromatic N) is 1. The Labute approximate surface area is 157 Å². The zero-order valence-corrected chi connectivity index (χ0v) is 15.5. The standard InChI is InChI=1S/C19H22ClN3O3/c1-13-3-4-14(20)11-17(13)22-19(25)12-23(10-9-18(21)24)15-5-7-16(26-2)8-6-15/h3-8,11H,9-10,12H2,1-2H3,(H2,21,24)(H,22,25). The number of anilines is 2. The molecule has 0 aliphatic heterocycles. The maximum absolute atomic E-state index is 12.5. The molecule has 138 valence electrons. The molecule has 2 amide bonds. The molecule has 0 aromatic heterocycles.